The summed E-state index contributed by atoms with van der Waals surface area (Å²) in [5.74, 6) is -1.88. The molecule has 6 heteroatoms. The van der Waals surface area contributed by atoms with Crippen molar-refractivity contribution in [3.8, 4) is 0 Å². The van der Waals surface area contributed by atoms with E-state index < -0.39 is 27.9 Å². The number of carboxylic acid groups (broad SMARTS) is 1. The molecule has 0 aromatic heterocycles. The number of hydrogen-bond donors (Lipinski definition) is 2. The zero-order valence-electron chi connectivity index (χ0n) is 10.9. The van der Waals surface area contributed by atoms with Gasteiger partial charge in [-0.15, -0.1) is 0 Å². The van der Waals surface area contributed by atoms with Gasteiger partial charge in [-0.3, -0.25) is 13.8 Å². The minimum absolute atomic E-state index is 0.236. The Morgan fingerprint density at radius 3 is 2.53 bits per heavy atom. The number of anilines is 1. The number of aliphatic carboxylic acids is 1. The zero-order valence-corrected chi connectivity index (χ0v) is 11.7. The average molecular weight is 283 g/mol. The summed E-state index contributed by atoms with van der Waals surface area (Å²) in [6, 6.07) is 7.22. The Hall–Kier alpha value is -1.69. The molecule has 1 aromatic rings. The Kier molecular flexibility index (Phi) is 5.69. The molecule has 1 amide bonds. The van der Waals surface area contributed by atoms with Crippen molar-refractivity contribution in [1.82, 2.24) is 0 Å². The van der Waals surface area contributed by atoms with Crippen molar-refractivity contribution in [3.63, 3.8) is 0 Å². The Morgan fingerprint density at radius 2 is 2.00 bits per heavy atom. The molecule has 0 heterocycles. The van der Waals surface area contributed by atoms with Gasteiger partial charge in [0.2, 0.25) is 5.91 Å². The lowest BCUT2D eigenvalue weighted by molar-refractivity contribution is -0.136. The van der Waals surface area contributed by atoms with E-state index >= 15 is 0 Å². The van der Waals surface area contributed by atoms with Crippen molar-refractivity contribution in [3.05, 3.63) is 29.8 Å². The Bertz CT molecular complexity index is 501. The van der Waals surface area contributed by atoms with Crippen LogP contribution in [-0.4, -0.2) is 32.2 Å². The van der Waals surface area contributed by atoms with E-state index in [0.717, 1.165) is 5.56 Å². The Morgan fingerprint density at radius 1 is 1.37 bits per heavy atom. The van der Waals surface area contributed by atoms with E-state index in [0.29, 0.717) is 5.69 Å². The lowest BCUT2D eigenvalue weighted by atomic mass is 10.2. The summed E-state index contributed by atoms with van der Waals surface area (Å²) < 4.78 is 11.8. The van der Waals surface area contributed by atoms with Crippen LogP contribution in [0.15, 0.2) is 24.3 Å². The van der Waals surface area contributed by atoms with Crippen molar-refractivity contribution in [2.24, 2.45) is 0 Å². The molecule has 0 saturated carbocycles. The number of rotatable bonds is 6. The molecular formula is C13H17NO4S. The van der Waals surface area contributed by atoms with Crippen molar-refractivity contribution >= 4 is 28.4 Å². The summed E-state index contributed by atoms with van der Waals surface area (Å²) in [5.41, 5.74) is 1.54. The van der Waals surface area contributed by atoms with Gasteiger partial charge in [-0.25, -0.2) is 0 Å². The van der Waals surface area contributed by atoms with Gasteiger partial charge in [0.15, 0.2) is 0 Å². The highest BCUT2D eigenvalue weighted by Gasteiger charge is 2.24. The number of carboxylic acids is 1. The molecule has 1 aromatic carbocycles. The van der Waals surface area contributed by atoms with E-state index in [2.05, 4.69) is 5.32 Å². The highest BCUT2D eigenvalue weighted by atomic mass is 32.2. The predicted molar refractivity (Wildman–Crippen MR) is 74.5 cm³/mol. The number of benzene rings is 1. The molecule has 104 valence electrons. The first-order valence-electron chi connectivity index (χ1n) is 5.91. The predicted octanol–water partition coefficient (Wildman–Crippen LogP) is 1.55. The van der Waals surface area contributed by atoms with Gasteiger partial charge >= 0.3 is 5.97 Å². The van der Waals surface area contributed by atoms with Crippen molar-refractivity contribution in [2.45, 2.75) is 25.5 Å². The van der Waals surface area contributed by atoms with Gasteiger partial charge in [-0.1, -0.05) is 25.1 Å². The summed E-state index contributed by atoms with van der Waals surface area (Å²) in [6.07, 6.45) is 0.236. The maximum atomic E-state index is 11.8. The summed E-state index contributed by atoms with van der Waals surface area (Å²) in [4.78, 5) is 22.6. The summed E-state index contributed by atoms with van der Waals surface area (Å²) >= 11 is 0. The fraction of sp³-hybridized carbons (Fsp3) is 0.385. The second-order valence-corrected chi connectivity index (χ2v) is 5.74. The van der Waals surface area contributed by atoms with Crippen molar-refractivity contribution < 1.29 is 18.9 Å². The molecular weight excluding hydrogens is 266 g/mol. The maximum absolute atomic E-state index is 11.8. The smallest absolute Gasteiger partial charge is 0.319 e. The number of para-hydroxylation sites is 1. The first-order chi connectivity index (χ1) is 8.95. The number of hydrogen-bond acceptors (Lipinski definition) is 3. The molecule has 0 saturated heterocycles. The molecule has 2 unspecified atom stereocenters. The zero-order chi connectivity index (χ0) is 14.4. The molecule has 0 spiro atoms. The monoisotopic (exact) mass is 283 g/mol. The van der Waals surface area contributed by atoms with Crippen molar-refractivity contribution in [1.29, 1.82) is 0 Å². The standard InChI is InChI=1S/C13H17NO4S/c1-3-11(13(16)17)19(18)8-12(15)14-10-7-5-4-6-9(10)2/h4-7,11H,3,8H2,1-2H3,(H,14,15)(H,16,17). The number of carbonyl (C=O) groups is 2. The largest absolute Gasteiger partial charge is 0.480 e. The lowest BCUT2D eigenvalue weighted by Gasteiger charge is -2.11. The SMILES string of the molecule is CCC(C(=O)O)S(=O)CC(=O)Nc1ccccc1C. The van der Waals surface area contributed by atoms with Crippen LogP contribution in [0.1, 0.15) is 18.9 Å². The van der Waals surface area contributed by atoms with Gasteiger partial charge < -0.3 is 10.4 Å². The number of aryl methyl sites for hydroxylation is 1. The van der Waals surface area contributed by atoms with Gasteiger partial charge in [-0.05, 0) is 25.0 Å². The van der Waals surface area contributed by atoms with Crippen molar-refractivity contribution in [2.75, 3.05) is 11.1 Å². The summed E-state index contributed by atoms with van der Waals surface area (Å²) in [7, 11) is -1.71. The lowest BCUT2D eigenvalue weighted by Crippen LogP contribution is -2.31. The fourth-order valence-electron chi connectivity index (χ4n) is 1.60. The second kappa shape index (κ2) is 7.04. The van der Waals surface area contributed by atoms with E-state index in [1.54, 1.807) is 19.1 Å². The number of carbonyl (C=O) groups excluding carboxylic acids is 1. The van der Waals surface area contributed by atoms with Crippen LogP contribution >= 0.6 is 0 Å². The van der Waals surface area contributed by atoms with Gasteiger partial charge in [0.05, 0.1) is 0 Å². The average Bonchev–Trinajstić information content (AvgIpc) is 2.32. The third-order valence-electron chi connectivity index (χ3n) is 2.66. The van der Waals surface area contributed by atoms with E-state index in [1.807, 2.05) is 19.1 Å². The molecule has 0 fully saturated rings. The molecule has 19 heavy (non-hydrogen) atoms. The molecule has 0 aliphatic rings. The molecule has 2 atom stereocenters. The molecule has 0 aliphatic heterocycles. The molecule has 0 radical (unpaired) electrons. The van der Waals surface area contributed by atoms with Crippen LogP contribution in [0.4, 0.5) is 5.69 Å². The molecule has 0 bridgehead atoms. The number of nitrogens with one attached hydrogen (secondary N) is 1. The quantitative estimate of drug-likeness (QED) is 0.829. The first kappa shape index (κ1) is 15.4. The summed E-state index contributed by atoms with van der Waals surface area (Å²) in [6.45, 7) is 3.48. The minimum atomic E-state index is -1.71. The molecule has 2 N–H and O–H groups in total. The van der Waals surface area contributed by atoms with Gasteiger partial charge in [0.1, 0.15) is 11.0 Å². The highest BCUT2D eigenvalue weighted by Crippen LogP contribution is 2.13. The van der Waals surface area contributed by atoms with Crippen LogP contribution in [0.5, 0.6) is 0 Å². The van der Waals surface area contributed by atoms with Gasteiger partial charge in [0.25, 0.3) is 0 Å². The van der Waals surface area contributed by atoms with Crippen LogP contribution in [0, 0.1) is 6.92 Å². The van der Waals surface area contributed by atoms with Crippen LogP contribution in [0.25, 0.3) is 0 Å². The highest BCUT2D eigenvalue weighted by molar-refractivity contribution is 7.87. The molecule has 5 nitrogen and oxygen atoms in total. The van der Waals surface area contributed by atoms with E-state index in [1.165, 1.54) is 0 Å². The van der Waals surface area contributed by atoms with E-state index in [-0.39, 0.29) is 12.2 Å². The molecule has 1 rings (SSSR count). The summed E-state index contributed by atoms with van der Waals surface area (Å²) in [5, 5.41) is 10.5. The molecule has 0 aliphatic carbocycles. The van der Waals surface area contributed by atoms with Gasteiger partial charge in [0, 0.05) is 16.5 Å². The third-order valence-corrected chi connectivity index (χ3v) is 4.37. The van der Waals surface area contributed by atoms with Gasteiger partial charge in [-0.2, -0.15) is 0 Å². The van der Waals surface area contributed by atoms with Crippen LogP contribution in [0.3, 0.4) is 0 Å². The fourth-order valence-corrected chi connectivity index (χ4v) is 2.73. The maximum Gasteiger partial charge on any atom is 0.319 e. The number of amides is 1. The van der Waals surface area contributed by atoms with Crippen LogP contribution in [-0.2, 0) is 20.4 Å². The first-order valence-corrected chi connectivity index (χ1v) is 7.29. The van der Waals surface area contributed by atoms with Crippen LogP contribution < -0.4 is 5.32 Å². The Balaban J connectivity index is 2.63. The normalized spacial score (nSPS) is 13.6. The van der Waals surface area contributed by atoms with E-state index in [9.17, 15) is 13.8 Å². The van der Waals surface area contributed by atoms with Crippen LogP contribution in [0.2, 0.25) is 0 Å². The minimum Gasteiger partial charge on any atom is -0.480 e. The second-order valence-electron chi connectivity index (χ2n) is 4.12. The van der Waals surface area contributed by atoms with E-state index in [4.69, 9.17) is 5.11 Å². The third kappa shape index (κ3) is 4.48. The Labute approximate surface area is 114 Å². The topological polar surface area (TPSA) is 83.5 Å².